The van der Waals surface area contributed by atoms with E-state index in [0.29, 0.717) is 29.7 Å². The van der Waals surface area contributed by atoms with Gasteiger partial charge in [0.1, 0.15) is 24.1 Å². The van der Waals surface area contributed by atoms with Gasteiger partial charge in [-0.2, -0.15) is 4.98 Å². The van der Waals surface area contributed by atoms with Gasteiger partial charge in [-0.1, -0.05) is 23.7 Å². The van der Waals surface area contributed by atoms with Crippen molar-refractivity contribution in [2.75, 3.05) is 31.7 Å². The van der Waals surface area contributed by atoms with Crippen LogP contribution in [0.25, 0.3) is 11.0 Å². The van der Waals surface area contributed by atoms with E-state index in [1.54, 1.807) is 43.6 Å². The van der Waals surface area contributed by atoms with Crippen LogP contribution in [-0.4, -0.2) is 52.3 Å². The number of methoxy groups -OCH3 is 1. The molecule has 1 saturated carbocycles. The predicted molar refractivity (Wildman–Crippen MR) is 145 cm³/mol. The number of aromatic nitrogens is 4. The van der Waals surface area contributed by atoms with Gasteiger partial charge in [-0.15, -0.1) is 0 Å². The first-order valence-electron chi connectivity index (χ1n) is 13.2. The highest BCUT2D eigenvalue weighted by Crippen LogP contribution is 2.65. The van der Waals surface area contributed by atoms with Crippen LogP contribution in [0.3, 0.4) is 0 Å². The van der Waals surface area contributed by atoms with E-state index in [4.69, 9.17) is 26.1 Å². The lowest BCUT2D eigenvalue weighted by molar-refractivity contribution is -0.255. The number of piperidine rings is 1. The van der Waals surface area contributed by atoms with Crippen LogP contribution < -0.4 is 14.7 Å². The van der Waals surface area contributed by atoms with Crippen LogP contribution in [0.5, 0.6) is 6.01 Å². The third-order valence-electron chi connectivity index (χ3n) is 8.11. The van der Waals surface area contributed by atoms with Crippen LogP contribution in [0, 0.1) is 11.2 Å². The van der Waals surface area contributed by atoms with Crippen molar-refractivity contribution in [1.29, 1.82) is 0 Å². The van der Waals surface area contributed by atoms with Gasteiger partial charge in [0.15, 0.2) is 0 Å². The van der Waals surface area contributed by atoms with Crippen molar-refractivity contribution < 1.29 is 23.8 Å². The van der Waals surface area contributed by atoms with Gasteiger partial charge in [0.25, 0.3) is 0 Å². The SMILES string of the molecule is COCCn1c(C2CC23CCN(c2ccnc(OCc4ccc(Cl)cc4F)n2)CC3)nc2ccc(C(=O)[O-])cc21. The molecule has 0 radical (unpaired) electrons. The van der Waals surface area contributed by atoms with Crippen molar-refractivity contribution in [3.05, 3.63) is 76.5 Å². The monoisotopic (exact) mass is 564 g/mol. The summed E-state index contributed by atoms with van der Waals surface area (Å²) in [5.41, 5.74) is 2.24. The standard InChI is InChI=1S/C29H29ClFN5O4/c1-39-13-12-36-24-14-18(27(37)38)3-5-23(24)33-26(36)21-16-29(21)7-10-35(11-8-29)25-6-9-32-28(34-25)40-17-19-2-4-20(30)15-22(19)31/h2-6,9,14-15,21H,7-8,10-13,16-17H2,1H3,(H,37,38)/p-1. The Morgan fingerprint density at radius 1 is 1.18 bits per heavy atom. The minimum atomic E-state index is -1.20. The molecular formula is C29H28ClFN5O4-. The highest BCUT2D eigenvalue weighted by atomic mass is 35.5. The summed E-state index contributed by atoms with van der Waals surface area (Å²) in [5, 5.41) is 11.8. The van der Waals surface area contributed by atoms with Crippen LogP contribution >= 0.6 is 11.6 Å². The van der Waals surface area contributed by atoms with E-state index in [-0.39, 0.29) is 23.6 Å². The Bertz CT molecular complexity index is 1570. The summed E-state index contributed by atoms with van der Waals surface area (Å²) in [6.45, 7) is 2.76. The van der Waals surface area contributed by atoms with Gasteiger partial charge >= 0.3 is 6.01 Å². The maximum Gasteiger partial charge on any atom is 0.318 e. The molecule has 2 fully saturated rings. The van der Waals surface area contributed by atoms with Gasteiger partial charge in [-0.3, -0.25) is 0 Å². The quantitative estimate of drug-likeness (QED) is 0.301. The third-order valence-corrected chi connectivity index (χ3v) is 8.34. The number of carboxylic acids is 1. The van der Waals surface area contributed by atoms with Gasteiger partial charge < -0.3 is 28.8 Å². The van der Waals surface area contributed by atoms with Crippen molar-refractivity contribution >= 4 is 34.4 Å². The first kappa shape index (κ1) is 26.5. The number of carbonyl (C=O) groups is 1. The van der Waals surface area contributed by atoms with Crippen molar-refractivity contribution in [2.24, 2.45) is 5.41 Å². The largest absolute Gasteiger partial charge is 0.545 e. The van der Waals surface area contributed by atoms with Crippen LogP contribution in [-0.2, 0) is 17.9 Å². The molecule has 0 bridgehead atoms. The Hall–Kier alpha value is -3.76. The van der Waals surface area contributed by atoms with E-state index in [1.165, 1.54) is 6.07 Å². The number of hydrogen-bond acceptors (Lipinski definition) is 8. The number of imidazole rings is 1. The molecule has 1 spiro atoms. The Balaban J connectivity index is 1.14. The second-order valence-corrected chi connectivity index (χ2v) is 10.9. The molecule has 2 aromatic carbocycles. The van der Waals surface area contributed by atoms with Crippen LogP contribution in [0.15, 0.2) is 48.7 Å². The molecule has 0 N–H and O–H groups in total. The Morgan fingerprint density at radius 2 is 2.00 bits per heavy atom. The number of nitrogens with zero attached hydrogens (tertiary/aromatic N) is 5. The third kappa shape index (κ3) is 5.09. The minimum absolute atomic E-state index is 0.00574. The van der Waals surface area contributed by atoms with Crippen LogP contribution in [0.2, 0.25) is 5.02 Å². The van der Waals surface area contributed by atoms with E-state index in [9.17, 15) is 14.3 Å². The molecule has 208 valence electrons. The molecule has 0 amide bonds. The fraction of sp³-hybridized carbons (Fsp3) is 0.379. The summed E-state index contributed by atoms with van der Waals surface area (Å²) in [7, 11) is 1.65. The summed E-state index contributed by atoms with van der Waals surface area (Å²) in [6.07, 6.45) is 4.64. The maximum atomic E-state index is 14.1. The van der Waals surface area contributed by atoms with Crippen LogP contribution in [0.1, 0.15) is 46.9 Å². The zero-order valence-corrected chi connectivity index (χ0v) is 22.7. The molecule has 9 nitrogen and oxygen atoms in total. The first-order chi connectivity index (χ1) is 19.4. The molecule has 1 saturated heterocycles. The lowest BCUT2D eigenvalue weighted by atomic mass is 9.90. The number of benzene rings is 2. The van der Waals surface area contributed by atoms with Crippen LogP contribution in [0.4, 0.5) is 10.2 Å². The van der Waals surface area contributed by atoms with Gasteiger partial charge in [-0.25, -0.2) is 14.4 Å². The maximum absolute atomic E-state index is 14.1. The Kier molecular flexibility index (Phi) is 7.06. The highest BCUT2D eigenvalue weighted by Gasteiger charge is 2.57. The summed E-state index contributed by atoms with van der Waals surface area (Å²) in [5.74, 6) is 0.426. The number of fused-ring (bicyclic) bond motifs is 1. The summed E-state index contributed by atoms with van der Waals surface area (Å²) in [4.78, 5) is 27.4. The number of rotatable bonds is 9. The molecule has 11 heteroatoms. The highest BCUT2D eigenvalue weighted by molar-refractivity contribution is 6.30. The average Bonchev–Trinajstić information content (AvgIpc) is 3.52. The normalized spacial score (nSPS) is 17.9. The van der Waals surface area contributed by atoms with Gasteiger partial charge in [0.05, 0.1) is 23.6 Å². The number of carbonyl (C=O) groups excluding carboxylic acids is 1. The molecule has 6 rings (SSSR count). The van der Waals surface area contributed by atoms with E-state index in [1.807, 2.05) is 6.07 Å². The zero-order chi connectivity index (χ0) is 27.9. The second kappa shape index (κ2) is 10.7. The van der Waals surface area contributed by atoms with Crippen molar-refractivity contribution in [3.8, 4) is 6.01 Å². The Labute approximate surface area is 235 Å². The molecule has 1 aliphatic carbocycles. The number of anilines is 1. The molecule has 2 aromatic heterocycles. The Morgan fingerprint density at radius 3 is 2.75 bits per heavy atom. The molecule has 40 heavy (non-hydrogen) atoms. The average molecular weight is 565 g/mol. The second-order valence-electron chi connectivity index (χ2n) is 10.4. The zero-order valence-electron chi connectivity index (χ0n) is 22.0. The molecule has 1 aliphatic heterocycles. The number of halogens is 2. The molecular weight excluding hydrogens is 537 g/mol. The molecule has 1 unspecified atom stereocenters. The summed E-state index contributed by atoms with van der Waals surface area (Å²) in [6, 6.07) is 11.4. The predicted octanol–water partition coefficient (Wildman–Crippen LogP) is 3.98. The molecule has 4 aromatic rings. The van der Waals surface area contributed by atoms with Crippen molar-refractivity contribution in [3.63, 3.8) is 0 Å². The van der Waals surface area contributed by atoms with Gasteiger partial charge in [-0.05, 0) is 60.6 Å². The summed E-state index contributed by atoms with van der Waals surface area (Å²) < 4.78 is 27.2. The van der Waals surface area contributed by atoms with Crippen molar-refractivity contribution in [1.82, 2.24) is 19.5 Å². The smallest absolute Gasteiger partial charge is 0.318 e. The van der Waals surface area contributed by atoms with E-state index in [0.717, 1.165) is 55.0 Å². The number of carboxylic acid groups (broad SMARTS) is 1. The van der Waals surface area contributed by atoms with Gasteiger partial charge in [0.2, 0.25) is 0 Å². The molecule has 1 atom stereocenters. The fourth-order valence-corrected chi connectivity index (χ4v) is 5.92. The van der Waals surface area contributed by atoms with E-state index in [2.05, 4.69) is 19.4 Å². The fourth-order valence-electron chi connectivity index (χ4n) is 5.76. The number of ether oxygens (including phenoxy) is 2. The first-order valence-corrected chi connectivity index (χ1v) is 13.6. The molecule has 3 heterocycles. The summed E-state index contributed by atoms with van der Waals surface area (Å²) >= 11 is 5.83. The van der Waals surface area contributed by atoms with Crippen molar-refractivity contribution in [2.45, 2.75) is 38.3 Å². The number of aromatic carboxylic acids is 1. The van der Waals surface area contributed by atoms with Gasteiger partial charge in [0, 0.05) is 49.4 Å². The lowest BCUT2D eigenvalue weighted by Crippen LogP contribution is -2.35. The number of hydrogen-bond donors (Lipinski definition) is 0. The topological polar surface area (TPSA) is 105 Å². The van der Waals surface area contributed by atoms with E-state index >= 15 is 0 Å². The molecule has 2 aliphatic rings. The lowest BCUT2D eigenvalue weighted by Gasteiger charge is -2.33. The minimum Gasteiger partial charge on any atom is -0.545 e. The van der Waals surface area contributed by atoms with E-state index < -0.39 is 11.8 Å².